The summed E-state index contributed by atoms with van der Waals surface area (Å²) in [5.74, 6) is 1.69. The minimum atomic E-state index is 0.108. The van der Waals surface area contributed by atoms with Crippen LogP contribution in [0.4, 0.5) is 0 Å². The number of aromatic hydroxyl groups is 1. The summed E-state index contributed by atoms with van der Waals surface area (Å²) in [6.07, 6.45) is 6.50. The molecule has 0 saturated carbocycles. The Balaban J connectivity index is 1.48. The van der Waals surface area contributed by atoms with E-state index in [1.54, 1.807) is 25.7 Å². The fourth-order valence-corrected chi connectivity index (χ4v) is 6.05. The molecule has 3 atom stereocenters. The average Bonchev–Trinajstić information content (AvgIpc) is 3.35. The van der Waals surface area contributed by atoms with Crippen molar-refractivity contribution in [3.63, 3.8) is 0 Å². The van der Waals surface area contributed by atoms with E-state index >= 15 is 0 Å². The Morgan fingerprint density at radius 1 is 1.13 bits per heavy atom. The van der Waals surface area contributed by atoms with Crippen molar-refractivity contribution < 1.29 is 14.6 Å². The van der Waals surface area contributed by atoms with Crippen molar-refractivity contribution in [3.05, 3.63) is 83.3 Å². The molecule has 7 nitrogen and oxygen atoms in total. The fraction of sp³-hybridized carbons (Fsp3) is 0.387. The maximum Gasteiger partial charge on any atom is 0.160 e. The Hall–Kier alpha value is -3.71. The van der Waals surface area contributed by atoms with Crippen LogP contribution >= 0.6 is 0 Å². The highest BCUT2D eigenvalue weighted by Crippen LogP contribution is 2.41. The Morgan fingerprint density at radius 2 is 1.95 bits per heavy atom. The molecule has 0 amide bonds. The number of imidazole rings is 1. The van der Waals surface area contributed by atoms with Crippen LogP contribution in [0.3, 0.4) is 0 Å². The molecule has 5 rings (SSSR count). The molecule has 1 aliphatic rings. The Bertz CT molecular complexity index is 1400. The van der Waals surface area contributed by atoms with E-state index in [9.17, 15) is 9.90 Å². The third-order valence-corrected chi connectivity index (χ3v) is 8.10. The SMILES string of the molecule is CCC(c1c(C=O)cnc2c1ncn2Cc1ccc(O)c(OC)c1)C1CN(Cc2ccccc2)CC[C@H]1C. The molecule has 4 aromatic rings. The number of hydrogen-bond donors (Lipinski definition) is 1. The summed E-state index contributed by atoms with van der Waals surface area (Å²) in [4.78, 5) is 24.3. The molecule has 1 N–H and O–H groups in total. The molecule has 2 unspecified atom stereocenters. The molecule has 198 valence electrons. The smallest absolute Gasteiger partial charge is 0.160 e. The third-order valence-electron chi connectivity index (χ3n) is 8.10. The van der Waals surface area contributed by atoms with Crippen molar-refractivity contribution in [2.24, 2.45) is 11.8 Å². The zero-order chi connectivity index (χ0) is 26.6. The number of carbonyl (C=O) groups is 1. The summed E-state index contributed by atoms with van der Waals surface area (Å²) < 4.78 is 7.28. The first kappa shape index (κ1) is 25.9. The number of hydrogen-bond acceptors (Lipinski definition) is 6. The van der Waals surface area contributed by atoms with Gasteiger partial charge >= 0.3 is 0 Å². The molecule has 38 heavy (non-hydrogen) atoms. The molecule has 0 bridgehead atoms. The Morgan fingerprint density at radius 3 is 2.68 bits per heavy atom. The normalized spacial score (nSPS) is 18.9. The van der Waals surface area contributed by atoms with Crippen molar-refractivity contribution in [2.45, 2.75) is 45.7 Å². The molecule has 0 radical (unpaired) electrons. The summed E-state index contributed by atoms with van der Waals surface area (Å²) in [5.41, 5.74) is 5.52. The number of pyridine rings is 1. The lowest BCUT2D eigenvalue weighted by Gasteiger charge is -2.41. The number of rotatable bonds is 9. The van der Waals surface area contributed by atoms with Gasteiger partial charge in [-0.2, -0.15) is 0 Å². The zero-order valence-electron chi connectivity index (χ0n) is 22.4. The molecule has 7 heteroatoms. The van der Waals surface area contributed by atoms with Crippen LogP contribution in [-0.2, 0) is 13.1 Å². The second-order valence-corrected chi connectivity index (χ2v) is 10.5. The lowest BCUT2D eigenvalue weighted by molar-refractivity contribution is 0.101. The molecule has 0 spiro atoms. The van der Waals surface area contributed by atoms with Crippen LogP contribution in [0.25, 0.3) is 11.2 Å². The second kappa shape index (κ2) is 11.4. The maximum atomic E-state index is 12.2. The van der Waals surface area contributed by atoms with Gasteiger partial charge in [0.15, 0.2) is 23.4 Å². The predicted molar refractivity (Wildman–Crippen MR) is 149 cm³/mol. The number of phenolic OH excluding ortho intramolecular Hbond substituents is 1. The highest BCUT2D eigenvalue weighted by molar-refractivity contribution is 5.87. The summed E-state index contributed by atoms with van der Waals surface area (Å²) in [5, 5.41) is 9.97. The van der Waals surface area contributed by atoms with Gasteiger partial charge in [0.2, 0.25) is 0 Å². The molecule has 0 aliphatic carbocycles. The van der Waals surface area contributed by atoms with Crippen LogP contribution in [0, 0.1) is 11.8 Å². The molecule has 1 saturated heterocycles. The van der Waals surface area contributed by atoms with E-state index < -0.39 is 0 Å². The van der Waals surface area contributed by atoms with Crippen molar-refractivity contribution in [1.29, 1.82) is 0 Å². The first-order chi connectivity index (χ1) is 18.5. The summed E-state index contributed by atoms with van der Waals surface area (Å²) in [6, 6.07) is 16.0. The van der Waals surface area contributed by atoms with Gasteiger partial charge in [-0.3, -0.25) is 9.69 Å². The fourth-order valence-electron chi connectivity index (χ4n) is 6.05. The Kier molecular flexibility index (Phi) is 7.74. The van der Waals surface area contributed by atoms with Gasteiger partial charge in [0.25, 0.3) is 0 Å². The van der Waals surface area contributed by atoms with Crippen molar-refractivity contribution >= 4 is 17.5 Å². The van der Waals surface area contributed by atoms with Crippen molar-refractivity contribution in [1.82, 2.24) is 19.4 Å². The molecular weight excluding hydrogens is 476 g/mol. The summed E-state index contributed by atoms with van der Waals surface area (Å²) in [7, 11) is 1.54. The molecule has 1 aliphatic heterocycles. The zero-order valence-corrected chi connectivity index (χ0v) is 22.4. The number of carbonyl (C=O) groups excluding carboxylic acids is 1. The van der Waals surface area contributed by atoms with E-state index in [1.165, 1.54) is 5.56 Å². The summed E-state index contributed by atoms with van der Waals surface area (Å²) >= 11 is 0. The predicted octanol–water partition coefficient (Wildman–Crippen LogP) is 5.66. The van der Waals surface area contributed by atoms with Gasteiger partial charge < -0.3 is 14.4 Å². The first-order valence-electron chi connectivity index (χ1n) is 13.4. The van der Waals surface area contributed by atoms with E-state index in [0.29, 0.717) is 29.7 Å². The molecule has 2 aromatic carbocycles. The summed E-state index contributed by atoms with van der Waals surface area (Å²) in [6.45, 7) is 8.11. The van der Waals surface area contributed by atoms with E-state index in [2.05, 4.69) is 54.1 Å². The number of phenols is 1. The number of aldehydes is 1. The van der Waals surface area contributed by atoms with Gasteiger partial charge in [-0.1, -0.05) is 50.2 Å². The van der Waals surface area contributed by atoms with Crippen LogP contribution in [-0.4, -0.2) is 51.0 Å². The van der Waals surface area contributed by atoms with E-state index in [-0.39, 0.29) is 11.7 Å². The largest absolute Gasteiger partial charge is 0.504 e. The molecule has 3 heterocycles. The van der Waals surface area contributed by atoms with Crippen LogP contribution in [0.2, 0.25) is 0 Å². The van der Waals surface area contributed by atoms with E-state index in [4.69, 9.17) is 9.72 Å². The number of likely N-dealkylation sites (tertiary alicyclic amines) is 1. The van der Waals surface area contributed by atoms with Gasteiger partial charge in [-0.25, -0.2) is 9.97 Å². The van der Waals surface area contributed by atoms with Crippen molar-refractivity contribution in [2.75, 3.05) is 20.2 Å². The number of piperidine rings is 1. The lowest BCUT2D eigenvalue weighted by atomic mass is 9.73. The standard InChI is InChI=1S/C31H36N4O3/c1-4-25(26-18-34(13-12-21(26)2)16-22-8-6-5-7-9-22)29-24(19-36)15-32-31-30(29)33-20-35(31)17-23-10-11-27(37)28(14-23)38-3/h5-11,14-15,19-21,25-26,37H,4,12-13,16-18H2,1-3H3/t21-,25?,26?/m1/s1. The topological polar surface area (TPSA) is 80.5 Å². The van der Waals surface area contributed by atoms with Gasteiger partial charge in [-0.15, -0.1) is 0 Å². The molecular formula is C31H36N4O3. The number of aromatic nitrogens is 3. The number of benzene rings is 2. The van der Waals surface area contributed by atoms with Crippen LogP contribution in [0.1, 0.15) is 59.7 Å². The maximum absolute atomic E-state index is 12.2. The third kappa shape index (κ3) is 5.16. The van der Waals surface area contributed by atoms with Gasteiger partial charge in [0, 0.05) is 24.8 Å². The van der Waals surface area contributed by atoms with Crippen LogP contribution in [0.15, 0.2) is 61.1 Å². The average molecular weight is 513 g/mol. The second-order valence-electron chi connectivity index (χ2n) is 10.5. The number of methoxy groups -OCH3 is 1. The first-order valence-corrected chi connectivity index (χ1v) is 13.4. The Labute approximate surface area is 224 Å². The lowest BCUT2D eigenvalue weighted by Crippen LogP contribution is -2.41. The van der Waals surface area contributed by atoms with Gasteiger partial charge in [-0.05, 0) is 66.0 Å². The van der Waals surface area contributed by atoms with Gasteiger partial charge in [0.05, 0.1) is 20.0 Å². The highest BCUT2D eigenvalue weighted by Gasteiger charge is 2.35. The number of nitrogens with zero attached hydrogens (tertiary/aromatic N) is 4. The minimum Gasteiger partial charge on any atom is -0.504 e. The number of fused-ring (bicyclic) bond motifs is 1. The molecule has 1 fully saturated rings. The monoisotopic (exact) mass is 512 g/mol. The number of ether oxygens (including phenoxy) is 1. The van der Waals surface area contributed by atoms with E-state index in [0.717, 1.165) is 61.1 Å². The van der Waals surface area contributed by atoms with E-state index in [1.807, 2.05) is 16.7 Å². The molecule has 2 aromatic heterocycles. The van der Waals surface area contributed by atoms with Crippen molar-refractivity contribution in [3.8, 4) is 11.5 Å². The van der Waals surface area contributed by atoms with Gasteiger partial charge in [0.1, 0.15) is 5.52 Å². The van der Waals surface area contributed by atoms with Crippen LogP contribution in [0.5, 0.6) is 11.5 Å². The van der Waals surface area contributed by atoms with Crippen LogP contribution < -0.4 is 4.74 Å². The highest BCUT2D eigenvalue weighted by atomic mass is 16.5. The minimum absolute atomic E-state index is 0.108. The quantitative estimate of drug-likeness (QED) is 0.292.